The number of nitrogens with zero attached hydrogens (tertiary/aromatic N) is 2. The third-order valence-corrected chi connectivity index (χ3v) is 6.28. The highest BCUT2D eigenvalue weighted by Crippen LogP contribution is 2.17. The minimum Gasteiger partial charge on any atom is -0.353 e. The Morgan fingerprint density at radius 1 is 0.943 bits per heavy atom. The molecule has 1 aromatic heterocycles. The molecule has 0 fully saturated rings. The van der Waals surface area contributed by atoms with E-state index in [-0.39, 0.29) is 42.8 Å². The normalized spacial score (nSPS) is 11.7. The van der Waals surface area contributed by atoms with E-state index in [4.69, 9.17) is 0 Å². The third kappa shape index (κ3) is 8.33. The lowest BCUT2D eigenvalue weighted by Crippen LogP contribution is -2.42. The Bertz CT molecular complexity index is 1120. The number of carbonyl (C=O) groups is 3. The smallest absolute Gasteiger partial charge is 0.254 e. The van der Waals surface area contributed by atoms with E-state index in [0.29, 0.717) is 16.4 Å². The number of hydrogen-bond acceptors (Lipinski definition) is 5. The third-order valence-electron chi connectivity index (χ3n) is 5.47. The van der Waals surface area contributed by atoms with Crippen LogP contribution in [-0.4, -0.2) is 46.2 Å². The summed E-state index contributed by atoms with van der Waals surface area (Å²) in [7, 11) is 0. The van der Waals surface area contributed by atoms with Crippen LogP contribution in [0.4, 0.5) is 5.13 Å². The molecule has 7 nitrogen and oxygen atoms in total. The van der Waals surface area contributed by atoms with E-state index < -0.39 is 0 Å². The van der Waals surface area contributed by atoms with Gasteiger partial charge in [-0.2, -0.15) is 0 Å². The van der Waals surface area contributed by atoms with E-state index in [2.05, 4.69) is 27.8 Å². The van der Waals surface area contributed by atoms with Gasteiger partial charge in [0.2, 0.25) is 11.8 Å². The van der Waals surface area contributed by atoms with Crippen LogP contribution in [0.15, 0.2) is 66.0 Å². The van der Waals surface area contributed by atoms with Gasteiger partial charge >= 0.3 is 0 Å². The standard InChI is InChI=1S/C27H32N4O3S/c1-19(2)31(26(34)22-12-8-5-9-13-22)17-25(33)30-27-29-23(18-35-27)16-24(32)28-20(3)14-15-21-10-6-4-7-11-21/h4-13,18-20H,14-17H2,1-3H3,(H,28,32)(H,29,30,33)/t20-/m0/s1. The topological polar surface area (TPSA) is 91.4 Å². The molecule has 0 aliphatic heterocycles. The number of aromatic nitrogens is 1. The lowest BCUT2D eigenvalue weighted by Gasteiger charge is -2.26. The zero-order valence-corrected chi connectivity index (χ0v) is 21.2. The maximum Gasteiger partial charge on any atom is 0.254 e. The van der Waals surface area contributed by atoms with Gasteiger partial charge in [0.05, 0.1) is 12.1 Å². The molecule has 3 rings (SSSR count). The Morgan fingerprint density at radius 3 is 2.26 bits per heavy atom. The van der Waals surface area contributed by atoms with Gasteiger partial charge in [-0.15, -0.1) is 11.3 Å². The average Bonchev–Trinajstić information content (AvgIpc) is 3.28. The van der Waals surface area contributed by atoms with Crippen LogP contribution in [0.1, 0.15) is 48.8 Å². The summed E-state index contributed by atoms with van der Waals surface area (Å²) in [6.07, 6.45) is 1.89. The van der Waals surface area contributed by atoms with Crippen LogP contribution in [0.3, 0.4) is 0 Å². The summed E-state index contributed by atoms with van der Waals surface area (Å²) in [6, 6.07) is 19.0. The molecule has 1 atom stereocenters. The van der Waals surface area contributed by atoms with Crippen LogP contribution in [0.25, 0.3) is 0 Å². The first kappa shape index (κ1) is 26.1. The summed E-state index contributed by atoms with van der Waals surface area (Å²) in [6.45, 7) is 5.65. The molecule has 0 bridgehead atoms. The quantitative estimate of drug-likeness (QED) is 0.417. The highest BCUT2D eigenvalue weighted by molar-refractivity contribution is 7.13. The molecule has 3 aromatic rings. The number of aryl methyl sites for hydroxylation is 1. The van der Waals surface area contributed by atoms with Gasteiger partial charge in [0, 0.05) is 23.0 Å². The highest BCUT2D eigenvalue weighted by atomic mass is 32.1. The minimum absolute atomic E-state index is 0.0460. The number of benzene rings is 2. The van der Waals surface area contributed by atoms with Gasteiger partial charge < -0.3 is 15.5 Å². The first-order valence-corrected chi connectivity index (χ1v) is 12.6. The number of hydrogen-bond donors (Lipinski definition) is 2. The van der Waals surface area contributed by atoms with Gasteiger partial charge in [-0.25, -0.2) is 4.98 Å². The fourth-order valence-electron chi connectivity index (χ4n) is 3.58. The lowest BCUT2D eigenvalue weighted by molar-refractivity contribution is -0.121. The fourth-order valence-corrected chi connectivity index (χ4v) is 4.31. The van der Waals surface area contributed by atoms with Crippen LogP contribution < -0.4 is 10.6 Å². The maximum atomic E-state index is 12.8. The van der Waals surface area contributed by atoms with Crippen molar-refractivity contribution in [2.24, 2.45) is 0 Å². The van der Waals surface area contributed by atoms with Crippen molar-refractivity contribution in [3.8, 4) is 0 Å². The summed E-state index contributed by atoms with van der Waals surface area (Å²) in [5, 5.41) is 7.93. The van der Waals surface area contributed by atoms with Crippen LogP contribution in [0.5, 0.6) is 0 Å². The molecule has 184 valence electrons. The second kappa shape index (κ2) is 12.8. The van der Waals surface area contributed by atoms with Gasteiger partial charge in [0.25, 0.3) is 5.91 Å². The van der Waals surface area contributed by atoms with Gasteiger partial charge in [-0.1, -0.05) is 48.5 Å². The number of carbonyl (C=O) groups excluding carboxylic acids is 3. The molecule has 2 aromatic carbocycles. The first-order valence-electron chi connectivity index (χ1n) is 11.8. The van der Waals surface area contributed by atoms with Crippen LogP contribution in [-0.2, 0) is 22.4 Å². The monoisotopic (exact) mass is 492 g/mol. The molecule has 0 saturated heterocycles. The largest absolute Gasteiger partial charge is 0.353 e. The second-order valence-corrected chi connectivity index (χ2v) is 9.61. The molecule has 8 heteroatoms. The maximum absolute atomic E-state index is 12.8. The fraction of sp³-hybridized carbons (Fsp3) is 0.333. The Labute approximate surface area is 210 Å². The van der Waals surface area contributed by atoms with Crippen molar-refractivity contribution in [3.05, 3.63) is 82.9 Å². The molecule has 1 heterocycles. The number of thiazole rings is 1. The predicted octanol–water partition coefficient (Wildman–Crippen LogP) is 4.31. The number of anilines is 1. The van der Waals surface area contributed by atoms with E-state index in [1.807, 2.05) is 45.0 Å². The van der Waals surface area contributed by atoms with Crippen LogP contribution >= 0.6 is 11.3 Å². The van der Waals surface area contributed by atoms with Crippen molar-refractivity contribution in [3.63, 3.8) is 0 Å². The number of amides is 3. The van der Waals surface area contributed by atoms with E-state index in [9.17, 15) is 14.4 Å². The zero-order chi connectivity index (χ0) is 25.2. The van der Waals surface area contributed by atoms with Crippen LogP contribution in [0.2, 0.25) is 0 Å². The molecular formula is C27H32N4O3S. The Kier molecular flexibility index (Phi) is 9.55. The SMILES string of the molecule is CC(C)N(CC(=O)Nc1nc(CC(=O)N[C@@H](C)CCc2ccccc2)cs1)C(=O)c1ccccc1. The van der Waals surface area contributed by atoms with E-state index in [0.717, 1.165) is 12.8 Å². The molecule has 0 saturated carbocycles. The summed E-state index contributed by atoms with van der Waals surface area (Å²) in [4.78, 5) is 43.7. The van der Waals surface area contributed by atoms with Crippen molar-refractivity contribution in [2.45, 2.75) is 52.1 Å². The molecule has 0 aliphatic carbocycles. The summed E-state index contributed by atoms with van der Waals surface area (Å²) >= 11 is 1.26. The van der Waals surface area contributed by atoms with E-state index >= 15 is 0 Å². The zero-order valence-electron chi connectivity index (χ0n) is 20.4. The molecule has 0 spiro atoms. The van der Waals surface area contributed by atoms with Crippen molar-refractivity contribution in [1.82, 2.24) is 15.2 Å². The average molecular weight is 493 g/mol. The molecule has 2 N–H and O–H groups in total. The molecule has 0 radical (unpaired) electrons. The lowest BCUT2D eigenvalue weighted by atomic mass is 10.1. The molecule has 3 amide bonds. The van der Waals surface area contributed by atoms with Gasteiger partial charge in [-0.3, -0.25) is 14.4 Å². The van der Waals surface area contributed by atoms with Crippen LogP contribution in [0, 0.1) is 0 Å². The van der Waals surface area contributed by atoms with Crippen molar-refractivity contribution >= 4 is 34.2 Å². The Hall–Kier alpha value is -3.52. The van der Waals surface area contributed by atoms with Gasteiger partial charge in [0.1, 0.15) is 6.54 Å². The number of rotatable bonds is 11. The second-order valence-electron chi connectivity index (χ2n) is 8.75. The Balaban J connectivity index is 1.47. The van der Waals surface area contributed by atoms with Crippen molar-refractivity contribution in [1.29, 1.82) is 0 Å². The first-order chi connectivity index (χ1) is 16.8. The van der Waals surface area contributed by atoms with Gasteiger partial charge in [-0.05, 0) is 51.3 Å². The highest BCUT2D eigenvalue weighted by Gasteiger charge is 2.22. The molecule has 0 unspecified atom stereocenters. The van der Waals surface area contributed by atoms with Crippen molar-refractivity contribution in [2.75, 3.05) is 11.9 Å². The van der Waals surface area contributed by atoms with Crippen molar-refractivity contribution < 1.29 is 14.4 Å². The Morgan fingerprint density at radius 2 is 1.60 bits per heavy atom. The summed E-state index contributed by atoms with van der Waals surface area (Å²) in [5.74, 6) is -0.635. The molecule has 35 heavy (non-hydrogen) atoms. The predicted molar refractivity (Wildman–Crippen MR) is 139 cm³/mol. The molecular weight excluding hydrogens is 460 g/mol. The van der Waals surface area contributed by atoms with E-state index in [1.165, 1.54) is 21.8 Å². The summed E-state index contributed by atoms with van der Waals surface area (Å²) < 4.78 is 0. The van der Waals surface area contributed by atoms with Gasteiger partial charge in [0.15, 0.2) is 5.13 Å². The number of nitrogens with one attached hydrogen (secondary N) is 2. The minimum atomic E-state index is -0.331. The summed E-state index contributed by atoms with van der Waals surface area (Å²) in [5.41, 5.74) is 2.38. The van der Waals surface area contributed by atoms with E-state index in [1.54, 1.807) is 29.6 Å². The molecule has 0 aliphatic rings.